The van der Waals surface area contributed by atoms with Crippen molar-refractivity contribution in [2.24, 2.45) is 4.99 Å². The predicted molar refractivity (Wildman–Crippen MR) is 100 cm³/mol. The zero-order chi connectivity index (χ0) is 21.7. The Labute approximate surface area is 171 Å². The van der Waals surface area contributed by atoms with E-state index in [9.17, 15) is 14.4 Å². The first-order valence-electron chi connectivity index (χ1n) is 8.62. The van der Waals surface area contributed by atoms with Gasteiger partial charge in [-0.1, -0.05) is 0 Å². The highest BCUT2D eigenvalue weighted by atomic mass is 35.5. The number of aliphatic imine (C=N–C) groups is 1. The fourth-order valence-electron chi connectivity index (χ4n) is 2.68. The summed E-state index contributed by atoms with van der Waals surface area (Å²) < 4.78 is 32.0. The number of carbonyl (C=O) groups excluding carboxylic acids is 3. The van der Waals surface area contributed by atoms with Crippen LogP contribution in [0.2, 0.25) is 0 Å². The molecule has 29 heavy (non-hydrogen) atoms. The highest BCUT2D eigenvalue weighted by Crippen LogP contribution is 2.37. The van der Waals surface area contributed by atoms with Gasteiger partial charge in [0, 0.05) is 27.9 Å². The summed E-state index contributed by atoms with van der Waals surface area (Å²) in [5.41, 5.74) is -0.0543. The molecule has 10 nitrogen and oxygen atoms in total. The van der Waals surface area contributed by atoms with Crippen molar-refractivity contribution in [2.75, 3.05) is 26.6 Å². The maximum atomic E-state index is 15.2. The van der Waals surface area contributed by atoms with Gasteiger partial charge in [-0.3, -0.25) is 19.0 Å². The number of hydrogen-bond donors (Lipinski definition) is 0. The summed E-state index contributed by atoms with van der Waals surface area (Å²) in [6.45, 7) is 2.00. The lowest BCUT2D eigenvalue weighted by atomic mass is 10.1. The average Bonchev–Trinajstić information content (AvgIpc) is 3.19. The van der Waals surface area contributed by atoms with Crippen LogP contribution in [0.5, 0.6) is 0 Å². The zero-order valence-corrected chi connectivity index (χ0v) is 17.1. The van der Waals surface area contributed by atoms with Crippen molar-refractivity contribution in [2.45, 2.75) is 38.5 Å². The molecule has 0 aliphatic carbocycles. The normalized spacial score (nSPS) is 23.9. The van der Waals surface area contributed by atoms with Crippen LogP contribution in [0.4, 0.5) is 10.2 Å². The maximum Gasteiger partial charge on any atom is 0.303 e. The van der Waals surface area contributed by atoms with Crippen molar-refractivity contribution in [3.8, 4) is 0 Å². The van der Waals surface area contributed by atoms with Crippen LogP contribution in [-0.2, 0) is 23.8 Å². The number of Topliss-reactive ketones (excluding diaryl/α,β-unsaturated/α-hetero) is 1. The fourth-order valence-corrected chi connectivity index (χ4v) is 2.81. The fraction of sp³-hybridized carbons (Fsp3) is 0.588. The second kappa shape index (κ2) is 9.79. The second-order valence-corrected chi connectivity index (χ2v) is 6.74. The lowest BCUT2D eigenvalue weighted by Crippen LogP contribution is -2.36. The summed E-state index contributed by atoms with van der Waals surface area (Å²) in [6, 6.07) is 0. The van der Waals surface area contributed by atoms with Crippen molar-refractivity contribution in [3.05, 3.63) is 12.0 Å². The molecule has 12 heteroatoms. The molecule has 0 N–H and O–H groups in total. The highest BCUT2D eigenvalue weighted by Gasteiger charge is 2.49. The number of ketones is 1. The van der Waals surface area contributed by atoms with Gasteiger partial charge in [0.2, 0.25) is 0 Å². The Morgan fingerprint density at radius 3 is 2.62 bits per heavy atom. The van der Waals surface area contributed by atoms with Gasteiger partial charge in [-0.2, -0.15) is 0 Å². The molecule has 4 atom stereocenters. The van der Waals surface area contributed by atoms with Gasteiger partial charge in [0.1, 0.15) is 12.7 Å². The Kier molecular flexibility index (Phi) is 7.68. The number of nitrogens with zero attached hydrogens (tertiary/aromatic N) is 4. The van der Waals surface area contributed by atoms with Gasteiger partial charge < -0.3 is 19.1 Å². The number of esters is 2. The van der Waals surface area contributed by atoms with Crippen LogP contribution in [0.15, 0.2) is 11.3 Å². The van der Waals surface area contributed by atoms with E-state index in [0.29, 0.717) is 0 Å². The largest absolute Gasteiger partial charge is 0.463 e. The number of rotatable bonds is 8. The number of carbonyl (C=O) groups is 3. The summed E-state index contributed by atoms with van der Waals surface area (Å²) in [5, 5.41) is 0. The van der Waals surface area contributed by atoms with Gasteiger partial charge in [-0.25, -0.2) is 14.4 Å². The van der Waals surface area contributed by atoms with Crippen LogP contribution in [0.1, 0.15) is 30.6 Å². The first-order valence-corrected chi connectivity index (χ1v) is 9.15. The quantitative estimate of drug-likeness (QED) is 0.198. The molecule has 0 unspecified atom stereocenters. The van der Waals surface area contributed by atoms with Crippen LogP contribution in [0.25, 0.3) is 0 Å². The molecule has 160 valence electrons. The third kappa shape index (κ3) is 5.51. The Balaban J connectivity index is 2.41. The third-order valence-electron chi connectivity index (χ3n) is 3.86. The van der Waals surface area contributed by atoms with E-state index in [-0.39, 0.29) is 24.0 Å². The molecule has 1 fully saturated rings. The monoisotopic (exact) mass is 432 g/mol. The number of hydrogen-bond acceptors (Lipinski definition) is 8. The van der Waals surface area contributed by atoms with Crippen LogP contribution >= 0.6 is 11.6 Å². The van der Waals surface area contributed by atoms with Crippen molar-refractivity contribution in [1.82, 2.24) is 14.5 Å². The summed E-state index contributed by atoms with van der Waals surface area (Å²) >= 11 is 5.62. The number of imidazole rings is 1. The number of alkyl halides is 2. The van der Waals surface area contributed by atoms with Gasteiger partial charge in [0.05, 0.1) is 18.5 Å². The first-order chi connectivity index (χ1) is 13.6. The smallest absolute Gasteiger partial charge is 0.303 e. The average molecular weight is 433 g/mol. The molecule has 0 spiro atoms. The number of aromatic nitrogens is 2. The van der Waals surface area contributed by atoms with Gasteiger partial charge in [-0.15, -0.1) is 11.6 Å². The molecule has 2 heterocycles. The molecule has 2 rings (SSSR count). The first kappa shape index (κ1) is 22.8. The van der Waals surface area contributed by atoms with Crippen molar-refractivity contribution in [1.29, 1.82) is 0 Å². The third-order valence-corrected chi connectivity index (χ3v) is 4.10. The van der Waals surface area contributed by atoms with E-state index in [0.717, 1.165) is 6.92 Å². The summed E-state index contributed by atoms with van der Waals surface area (Å²) in [7, 11) is 3.42. The number of halogens is 2. The molecule has 1 saturated heterocycles. The SMILES string of the molecule is CC(=O)OC[C@H]1O[C@@H](n2cnc(C(=O)CCl)c2/N=C/N(C)C)[C@@H](F)[C@@H]1OC(C)=O. The van der Waals surface area contributed by atoms with E-state index in [1.165, 1.54) is 24.2 Å². The minimum Gasteiger partial charge on any atom is -0.463 e. The molecule has 1 aromatic rings. The minimum absolute atomic E-state index is 0.0340. The summed E-state index contributed by atoms with van der Waals surface area (Å²) in [4.78, 5) is 44.4. The molecular weight excluding hydrogens is 411 g/mol. The molecule has 0 radical (unpaired) electrons. The molecule has 1 aliphatic heterocycles. The van der Waals surface area contributed by atoms with E-state index < -0.39 is 42.3 Å². The maximum absolute atomic E-state index is 15.2. The molecule has 0 bridgehead atoms. The summed E-state index contributed by atoms with van der Waals surface area (Å²) in [5.74, 6) is -2.12. The van der Waals surface area contributed by atoms with Gasteiger partial charge in [-0.05, 0) is 0 Å². The van der Waals surface area contributed by atoms with Crippen LogP contribution in [0, 0.1) is 0 Å². The molecule has 0 aromatic carbocycles. The molecule has 0 amide bonds. The Bertz CT molecular complexity index is 799. The topological polar surface area (TPSA) is 112 Å². The van der Waals surface area contributed by atoms with Crippen LogP contribution in [0.3, 0.4) is 0 Å². The van der Waals surface area contributed by atoms with Gasteiger partial charge >= 0.3 is 11.9 Å². The van der Waals surface area contributed by atoms with Gasteiger partial charge in [0.25, 0.3) is 0 Å². The number of ether oxygens (including phenoxy) is 3. The van der Waals surface area contributed by atoms with Crippen LogP contribution in [-0.4, -0.2) is 83.5 Å². The zero-order valence-electron chi connectivity index (χ0n) is 16.4. The predicted octanol–water partition coefficient (Wildman–Crippen LogP) is 1.26. The highest BCUT2D eigenvalue weighted by molar-refractivity contribution is 6.30. The molecular formula is C17H22ClFN4O6. The lowest BCUT2D eigenvalue weighted by Gasteiger charge is -2.18. The lowest BCUT2D eigenvalue weighted by molar-refractivity contribution is -0.156. The molecule has 0 saturated carbocycles. The van der Waals surface area contributed by atoms with E-state index >= 15 is 4.39 Å². The van der Waals surface area contributed by atoms with Crippen molar-refractivity contribution in [3.63, 3.8) is 0 Å². The van der Waals surface area contributed by atoms with Crippen molar-refractivity contribution >= 4 is 41.5 Å². The minimum atomic E-state index is -1.83. The van der Waals surface area contributed by atoms with E-state index in [1.54, 1.807) is 19.0 Å². The van der Waals surface area contributed by atoms with Crippen LogP contribution < -0.4 is 0 Å². The van der Waals surface area contributed by atoms with Gasteiger partial charge in [0.15, 0.2) is 35.8 Å². The second-order valence-electron chi connectivity index (χ2n) is 6.48. The van der Waals surface area contributed by atoms with E-state index in [1.807, 2.05) is 0 Å². The molecule has 1 aromatic heterocycles. The van der Waals surface area contributed by atoms with E-state index in [4.69, 9.17) is 25.8 Å². The Morgan fingerprint density at radius 2 is 2.07 bits per heavy atom. The summed E-state index contributed by atoms with van der Waals surface area (Å²) in [6.07, 6.45) is -2.93. The standard InChI is InChI=1S/C17H22ClFN4O6/c1-9(24)27-6-12-15(28-10(2)25)13(19)17(29-12)23-8-20-14(11(26)5-18)16(23)21-7-22(3)4/h7-8,12-13,15,17H,5-6H2,1-4H3/b21-7+/t12-,13+,15-,17-/m1/s1. The van der Waals surface area contributed by atoms with Crippen molar-refractivity contribution < 1.29 is 33.0 Å². The Hall–Kier alpha value is -2.53. The Morgan fingerprint density at radius 1 is 1.38 bits per heavy atom. The van der Waals surface area contributed by atoms with E-state index in [2.05, 4.69) is 9.98 Å². The molecule has 1 aliphatic rings.